The Balaban J connectivity index is 1.91. The van der Waals surface area contributed by atoms with Crippen LogP contribution in [0.4, 0.5) is 11.8 Å². The molecule has 6 heteroatoms. The van der Waals surface area contributed by atoms with E-state index in [9.17, 15) is 0 Å². The maximum absolute atomic E-state index is 5.90. The molecule has 0 bridgehead atoms. The molecule has 3 heterocycles. The molecule has 1 fully saturated rings. The molecule has 1 atom stereocenters. The molecule has 0 spiro atoms. The van der Waals surface area contributed by atoms with Gasteiger partial charge in [-0.05, 0) is 32.5 Å². The van der Waals surface area contributed by atoms with Crippen molar-refractivity contribution in [2.24, 2.45) is 0 Å². The smallest absolute Gasteiger partial charge is 0.223 e. The van der Waals surface area contributed by atoms with Gasteiger partial charge in [0.15, 0.2) is 0 Å². The maximum Gasteiger partial charge on any atom is 0.223 e. The fourth-order valence-electron chi connectivity index (χ4n) is 3.26. The van der Waals surface area contributed by atoms with Gasteiger partial charge in [0, 0.05) is 24.0 Å². The molecular formula is C15H23N5S. The summed E-state index contributed by atoms with van der Waals surface area (Å²) in [4.78, 5) is 16.0. The molecule has 1 unspecified atom stereocenters. The number of fused-ring (bicyclic) bond motifs is 1. The predicted octanol–water partition coefficient (Wildman–Crippen LogP) is 2.50. The Bertz CT molecular complexity index is 634. The molecule has 0 saturated carbocycles. The largest absolute Gasteiger partial charge is 0.368 e. The summed E-state index contributed by atoms with van der Waals surface area (Å²) in [5, 5.41) is 1.15. The molecule has 3 rings (SSSR count). The van der Waals surface area contributed by atoms with Crippen molar-refractivity contribution in [2.75, 3.05) is 36.8 Å². The van der Waals surface area contributed by atoms with Crippen molar-refractivity contribution in [1.29, 1.82) is 0 Å². The molecule has 1 saturated heterocycles. The number of nitrogens with two attached hydrogens (primary N) is 1. The van der Waals surface area contributed by atoms with Gasteiger partial charge in [-0.1, -0.05) is 13.8 Å². The average molecular weight is 305 g/mol. The summed E-state index contributed by atoms with van der Waals surface area (Å²) in [5.74, 6) is 1.39. The van der Waals surface area contributed by atoms with Crippen LogP contribution in [0.25, 0.3) is 10.2 Å². The second kappa shape index (κ2) is 5.77. The second-order valence-corrected chi connectivity index (χ2v) is 6.83. The van der Waals surface area contributed by atoms with Crippen LogP contribution in [0.3, 0.4) is 0 Å². The normalized spacial score (nSPS) is 19.0. The molecule has 2 aromatic heterocycles. The topological polar surface area (TPSA) is 58.3 Å². The third-order valence-corrected chi connectivity index (χ3v) is 5.25. The minimum absolute atomic E-state index is 0.380. The van der Waals surface area contributed by atoms with Crippen LogP contribution < -0.4 is 10.6 Å². The van der Waals surface area contributed by atoms with Gasteiger partial charge in [-0.2, -0.15) is 4.98 Å². The summed E-state index contributed by atoms with van der Waals surface area (Å²) in [7, 11) is 0. The van der Waals surface area contributed by atoms with E-state index in [1.807, 2.05) is 0 Å². The SMILES string of the molecule is CCN(CC)C1CCN(c2nc(N)nc3sc(C)cc23)C1. The van der Waals surface area contributed by atoms with Crippen molar-refractivity contribution < 1.29 is 0 Å². The second-order valence-electron chi connectivity index (χ2n) is 5.59. The summed E-state index contributed by atoms with van der Waals surface area (Å²) in [6.07, 6.45) is 1.19. The van der Waals surface area contributed by atoms with Gasteiger partial charge in [-0.25, -0.2) is 4.98 Å². The van der Waals surface area contributed by atoms with E-state index < -0.39 is 0 Å². The van der Waals surface area contributed by atoms with E-state index in [0.717, 1.165) is 42.2 Å². The molecule has 0 amide bonds. The molecule has 21 heavy (non-hydrogen) atoms. The molecule has 1 aliphatic heterocycles. The van der Waals surface area contributed by atoms with E-state index in [4.69, 9.17) is 5.73 Å². The van der Waals surface area contributed by atoms with Crippen LogP contribution in [0.5, 0.6) is 0 Å². The number of aromatic nitrogens is 2. The number of likely N-dealkylation sites (N-methyl/N-ethyl adjacent to an activating group) is 1. The van der Waals surface area contributed by atoms with Crippen molar-refractivity contribution in [3.05, 3.63) is 10.9 Å². The van der Waals surface area contributed by atoms with Gasteiger partial charge < -0.3 is 10.6 Å². The third-order valence-electron chi connectivity index (χ3n) is 4.30. The van der Waals surface area contributed by atoms with E-state index in [0.29, 0.717) is 12.0 Å². The summed E-state index contributed by atoms with van der Waals surface area (Å²) >= 11 is 1.69. The van der Waals surface area contributed by atoms with Crippen LogP contribution in [0.15, 0.2) is 6.07 Å². The van der Waals surface area contributed by atoms with Gasteiger partial charge in [0.25, 0.3) is 0 Å². The Morgan fingerprint density at radius 1 is 1.38 bits per heavy atom. The highest BCUT2D eigenvalue weighted by Crippen LogP contribution is 2.33. The van der Waals surface area contributed by atoms with Crippen molar-refractivity contribution >= 4 is 33.3 Å². The van der Waals surface area contributed by atoms with E-state index in [1.165, 1.54) is 11.3 Å². The van der Waals surface area contributed by atoms with Crippen LogP contribution in [-0.4, -0.2) is 47.1 Å². The van der Waals surface area contributed by atoms with E-state index in [-0.39, 0.29) is 0 Å². The fraction of sp³-hybridized carbons (Fsp3) is 0.600. The molecule has 1 aliphatic rings. The molecule has 2 N–H and O–H groups in total. The highest BCUT2D eigenvalue weighted by Gasteiger charge is 2.28. The first-order chi connectivity index (χ1) is 10.1. The number of nitrogen functional groups attached to an aromatic ring is 1. The lowest BCUT2D eigenvalue weighted by atomic mass is 10.2. The predicted molar refractivity (Wildman–Crippen MR) is 90.1 cm³/mol. The first-order valence-electron chi connectivity index (χ1n) is 7.65. The van der Waals surface area contributed by atoms with Gasteiger partial charge in [0.05, 0.1) is 5.39 Å². The highest BCUT2D eigenvalue weighted by molar-refractivity contribution is 7.18. The van der Waals surface area contributed by atoms with Crippen LogP contribution in [0.2, 0.25) is 0 Å². The lowest BCUT2D eigenvalue weighted by Crippen LogP contribution is -2.37. The first kappa shape index (κ1) is 14.5. The Morgan fingerprint density at radius 2 is 2.14 bits per heavy atom. The van der Waals surface area contributed by atoms with Crippen molar-refractivity contribution in [3.8, 4) is 0 Å². The minimum atomic E-state index is 0.380. The fourth-order valence-corrected chi connectivity index (χ4v) is 4.14. The van der Waals surface area contributed by atoms with Crippen LogP contribution >= 0.6 is 11.3 Å². The lowest BCUT2D eigenvalue weighted by molar-refractivity contribution is 0.232. The van der Waals surface area contributed by atoms with Crippen LogP contribution in [0, 0.1) is 6.92 Å². The zero-order valence-corrected chi connectivity index (χ0v) is 13.8. The number of anilines is 2. The maximum atomic E-state index is 5.90. The Kier molecular flexibility index (Phi) is 3.99. The molecule has 0 aliphatic carbocycles. The number of aryl methyl sites for hydroxylation is 1. The first-order valence-corrected chi connectivity index (χ1v) is 8.46. The monoisotopic (exact) mass is 305 g/mol. The van der Waals surface area contributed by atoms with Crippen molar-refractivity contribution in [1.82, 2.24) is 14.9 Å². The lowest BCUT2D eigenvalue weighted by Gasteiger charge is -2.26. The third kappa shape index (κ3) is 2.70. The highest BCUT2D eigenvalue weighted by atomic mass is 32.1. The molecule has 5 nitrogen and oxygen atoms in total. The summed E-state index contributed by atoms with van der Waals surface area (Å²) in [6.45, 7) is 10.9. The Labute approximate surface area is 129 Å². The molecule has 0 radical (unpaired) electrons. The molecule has 114 valence electrons. The number of rotatable bonds is 4. The van der Waals surface area contributed by atoms with Gasteiger partial charge in [0.1, 0.15) is 10.6 Å². The molecule has 2 aromatic rings. The van der Waals surface area contributed by atoms with Gasteiger partial charge in [-0.15, -0.1) is 11.3 Å². The molecular weight excluding hydrogens is 282 g/mol. The summed E-state index contributed by atoms with van der Waals surface area (Å²) < 4.78 is 0. The number of thiophene rings is 1. The van der Waals surface area contributed by atoms with Crippen molar-refractivity contribution in [2.45, 2.75) is 33.2 Å². The van der Waals surface area contributed by atoms with Crippen LogP contribution in [0.1, 0.15) is 25.1 Å². The van der Waals surface area contributed by atoms with Crippen LogP contribution in [-0.2, 0) is 0 Å². The zero-order chi connectivity index (χ0) is 15.0. The average Bonchev–Trinajstić information content (AvgIpc) is 3.05. The Hall–Kier alpha value is -1.40. The quantitative estimate of drug-likeness (QED) is 0.940. The standard InChI is InChI=1S/C15H23N5S/c1-4-19(5-2)11-6-7-20(9-11)13-12-8-10(3)21-14(12)18-15(16)17-13/h8,11H,4-7,9H2,1-3H3,(H2,16,17,18). The summed E-state index contributed by atoms with van der Waals surface area (Å²) in [6, 6.07) is 2.80. The van der Waals surface area contributed by atoms with Gasteiger partial charge in [-0.3, -0.25) is 4.90 Å². The van der Waals surface area contributed by atoms with E-state index >= 15 is 0 Å². The van der Waals surface area contributed by atoms with E-state index in [1.54, 1.807) is 11.3 Å². The number of hydrogen-bond acceptors (Lipinski definition) is 6. The molecule has 0 aromatic carbocycles. The van der Waals surface area contributed by atoms with Gasteiger partial charge >= 0.3 is 0 Å². The number of nitrogens with zero attached hydrogens (tertiary/aromatic N) is 4. The van der Waals surface area contributed by atoms with Gasteiger partial charge in [0.2, 0.25) is 5.95 Å². The number of hydrogen-bond donors (Lipinski definition) is 1. The summed E-state index contributed by atoms with van der Waals surface area (Å²) in [5.41, 5.74) is 5.90. The van der Waals surface area contributed by atoms with Crippen molar-refractivity contribution in [3.63, 3.8) is 0 Å². The minimum Gasteiger partial charge on any atom is -0.368 e. The zero-order valence-electron chi connectivity index (χ0n) is 13.0. The van der Waals surface area contributed by atoms with E-state index in [2.05, 4.69) is 46.6 Å². The Morgan fingerprint density at radius 3 is 2.86 bits per heavy atom.